The molecule has 0 amide bonds. The van der Waals surface area contributed by atoms with Crippen LogP contribution in [0.1, 0.15) is 76.1 Å². The Morgan fingerprint density at radius 3 is 2.59 bits per heavy atom. The molecule has 0 bridgehead atoms. The Labute approximate surface area is 219 Å². The second kappa shape index (κ2) is 9.45. The third-order valence-electron chi connectivity index (χ3n) is 10.8. The van der Waals surface area contributed by atoms with Gasteiger partial charge in [0, 0.05) is 30.4 Å². The van der Waals surface area contributed by atoms with Gasteiger partial charge in [0.05, 0.1) is 18.3 Å². The van der Waals surface area contributed by atoms with Crippen molar-refractivity contribution in [3.63, 3.8) is 0 Å². The third-order valence-corrected chi connectivity index (χ3v) is 10.8. The van der Waals surface area contributed by atoms with Gasteiger partial charge in [-0.15, -0.1) is 0 Å². The first-order valence-electron chi connectivity index (χ1n) is 14.2. The first-order chi connectivity index (χ1) is 17.7. The molecule has 0 aromatic heterocycles. The smallest absolute Gasteiger partial charge is 0.338 e. The molecular weight excluding hydrogens is 470 g/mol. The maximum absolute atomic E-state index is 12.8. The van der Waals surface area contributed by atoms with Crippen LogP contribution in [0, 0.1) is 46.1 Å². The Morgan fingerprint density at radius 1 is 1.11 bits per heavy atom. The van der Waals surface area contributed by atoms with Crippen molar-refractivity contribution in [2.75, 3.05) is 6.61 Å². The molecule has 37 heavy (non-hydrogen) atoms. The minimum Gasteiger partial charge on any atom is -0.595 e. The molecule has 2 aliphatic heterocycles. The lowest BCUT2D eigenvalue weighted by Crippen LogP contribution is -2.99. The van der Waals surface area contributed by atoms with E-state index in [2.05, 4.69) is 32.9 Å². The predicted molar refractivity (Wildman–Crippen MR) is 137 cm³/mol. The number of carbonyl (C=O) groups is 1. The average Bonchev–Trinajstić information content (AvgIpc) is 3.17. The number of allylic oxidation sites excluding steroid dienone is 1. The Bertz CT molecular complexity index is 1030. The number of ether oxygens (including phenoxy) is 3. The molecule has 2 heterocycles. The zero-order valence-electron chi connectivity index (χ0n) is 22.2. The van der Waals surface area contributed by atoms with Crippen LogP contribution in [0.15, 0.2) is 36.4 Å². The van der Waals surface area contributed by atoms with Gasteiger partial charge < -0.3 is 19.4 Å². The third kappa shape index (κ3) is 4.27. The molecule has 2 saturated carbocycles. The lowest BCUT2D eigenvalue weighted by molar-refractivity contribution is -0.991. The van der Waals surface area contributed by atoms with E-state index in [0.717, 1.165) is 32.3 Å². The van der Waals surface area contributed by atoms with Gasteiger partial charge in [0.15, 0.2) is 11.5 Å². The van der Waals surface area contributed by atoms with E-state index in [1.807, 2.05) is 0 Å². The molecule has 2 saturated heterocycles. The average molecular weight is 512 g/mol. The number of fused-ring (bicyclic) bond motifs is 5. The molecular formula is C30H41NO6. The van der Waals surface area contributed by atoms with E-state index in [4.69, 9.17) is 19.4 Å². The lowest BCUT2D eigenvalue weighted by Gasteiger charge is -2.55. The molecule has 5 aliphatic rings. The summed E-state index contributed by atoms with van der Waals surface area (Å²) in [6.45, 7) is 7.88. The summed E-state index contributed by atoms with van der Waals surface area (Å²) in [6, 6.07) is 5.97. The molecule has 202 valence electrons. The molecule has 7 nitrogen and oxygen atoms in total. The van der Waals surface area contributed by atoms with Crippen molar-refractivity contribution in [1.82, 2.24) is 0 Å². The van der Waals surface area contributed by atoms with Gasteiger partial charge in [0.25, 0.3) is 0 Å². The van der Waals surface area contributed by atoms with Crippen molar-refractivity contribution in [3.8, 4) is 0 Å². The van der Waals surface area contributed by atoms with E-state index in [0.29, 0.717) is 41.1 Å². The highest BCUT2D eigenvalue weighted by Gasteiger charge is 2.61. The number of nitrogens with one attached hydrogen (secondary N) is 1. The molecule has 1 unspecified atom stereocenters. The standard InChI is InChI=1S/C30H41NO6/c1-18-12-15-30(35-17-18)19(2)24-10-11-26-25(27(24)37-30)9-6-21-16-23(13-14-29(21,26)3)36-28(32)20-4-7-22(8-5-20)31(33)34/h4-9,18-19,21,23-27,31,33H,10-17H2,1-3H3/t18-,19-,21-,23+,24-,25+,26+,27-,29+,30+/m1/s1. The van der Waals surface area contributed by atoms with Crippen molar-refractivity contribution in [1.29, 1.82) is 0 Å². The van der Waals surface area contributed by atoms with Crippen LogP contribution in [0.2, 0.25) is 0 Å². The van der Waals surface area contributed by atoms with Gasteiger partial charge in [0.1, 0.15) is 6.10 Å². The largest absolute Gasteiger partial charge is 0.595 e. The van der Waals surface area contributed by atoms with Gasteiger partial charge in [-0.1, -0.05) is 32.9 Å². The number of benzene rings is 1. The number of hydrogen-bond acceptors (Lipinski definition) is 6. The zero-order chi connectivity index (χ0) is 25.9. The van der Waals surface area contributed by atoms with Crippen LogP contribution in [0.5, 0.6) is 0 Å². The molecule has 2 N–H and O–H groups in total. The van der Waals surface area contributed by atoms with Gasteiger partial charge >= 0.3 is 5.97 Å². The molecule has 11 atom stereocenters. The Morgan fingerprint density at radius 2 is 1.89 bits per heavy atom. The van der Waals surface area contributed by atoms with Crippen LogP contribution in [-0.2, 0) is 14.2 Å². The fourth-order valence-corrected chi connectivity index (χ4v) is 8.38. The van der Waals surface area contributed by atoms with Gasteiger partial charge in [0.2, 0.25) is 0 Å². The van der Waals surface area contributed by atoms with Crippen LogP contribution in [0.3, 0.4) is 0 Å². The number of carbonyl (C=O) groups excluding carboxylic acids is 1. The molecule has 0 radical (unpaired) electrons. The summed E-state index contributed by atoms with van der Waals surface area (Å²) in [5, 5.41) is 19.2. The molecule has 1 aromatic rings. The molecule has 1 spiro atoms. The number of quaternary nitrogens is 1. The highest BCUT2D eigenvalue weighted by molar-refractivity contribution is 5.89. The van der Waals surface area contributed by atoms with E-state index < -0.39 is 11.0 Å². The van der Waals surface area contributed by atoms with Gasteiger partial charge in [-0.3, -0.25) is 0 Å². The van der Waals surface area contributed by atoms with Crippen LogP contribution < -0.4 is 5.23 Å². The minimum atomic E-state index is -1.00. The van der Waals surface area contributed by atoms with Crippen LogP contribution in [0.4, 0.5) is 5.69 Å². The van der Waals surface area contributed by atoms with E-state index in [-0.39, 0.29) is 29.3 Å². The molecule has 1 aromatic carbocycles. The minimum absolute atomic E-state index is 0.120. The first kappa shape index (κ1) is 25.5. The van der Waals surface area contributed by atoms with Crippen molar-refractivity contribution < 1.29 is 29.4 Å². The summed E-state index contributed by atoms with van der Waals surface area (Å²) in [5.74, 6) is 2.23. The van der Waals surface area contributed by atoms with E-state index in [1.165, 1.54) is 43.5 Å². The van der Waals surface area contributed by atoms with E-state index in [9.17, 15) is 10.0 Å². The van der Waals surface area contributed by atoms with E-state index in [1.54, 1.807) is 0 Å². The van der Waals surface area contributed by atoms with Crippen molar-refractivity contribution in [2.24, 2.45) is 40.9 Å². The number of hydrogen-bond donors (Lipinski definition) is 2. The Kier molecular flexibility index (Phi) is 6.52. The zero-order valence-corrected chi connectivity index (χ0v) is 22.2. The second-order valence-electron chi connectivity index (χ2n) is 12.7. The summed E-state index contributed by atoms with van der Waals surface area (Å²) in [5.41, 5.74) is 0.746. The highest BCUT2D eigenvalue weighted by atomic mass is 16.8. The van der Waals surface area contributed by atoms with Crippen LogP contribution >= 0.6 is 0 Å². The lowest BCUT2D eigenvalue weighted by atomic mass is 9.50. The van der Waals surface area contributed by atoms with Crippen LogP contribution in [-0.4, -0.2) is 35.8 Å². The topological polar surface area (TPSA) is 92.5 Å². The predicted octanol–water partition coefficient (Wildman–Crippen LogP) is 4.81. The van der Waals surface area contributed by atoms with E-state index >= 15 is 0 Å². The van der Waals surface area contributed by atoms with Crippen molar-refractivity contribution >= 4 is 11.7 Å². The number of rotatable bonds is 3. The maximum Gasteiger partial charge on any atom is 0.338 e. The maximum atomic E-state index is 12.8. The normalized spacial score (nSPS) is 45.5. The first-order valence-corrected chi connectivity index (χ1v) is 14.2. The SMILES string of the molecule is C[C@@H]1CC[C@]2(OC1)O[C@H]1[C@H]3C=C[C@@H]4C[C@@H](OC(=O)c5ccc([NH+]([O-])O)cc5)CC[C@]4(C)[C@H]3CC[C@@H]1[C@H]2C. The molecule has 4 fully saturated rings. The molecule has 6 rings (SSSR count). The summed E-state index contributed by atoms with van der Waals surface area (Å²) in [4.78, 5) is 12.8. The summed E-state index contributed by atoms with van der Waals surface area (Å²) < 4.78 is 19.3. The fourth-order valence-electron chi connectivity index (χ4n) is 8.38. The van der Waals surface area contributed by atoms with Crippen molar-refractivity contribution in [3.05, 3.63) is 47.2 Å². The highest BCUT2D eigenvalue weighted by Crippen LogP contribution is 2.62. The van der Waals surface area contributed by atoms with Crippen molar-refractivity contribution in [2.45, 2.75) is 83.7 Å². The van der Waals surface area contributed by atoms with Gasteiger partial charge in [-0.05, 0) is 79.7 Å². The van der Waals surface area contributed by atoms with Crippen LogP contribution in [0.25, 0.3) is 0 Å². The monoisotopic (exact) mass is 511 g/mol. The molecule has 7 heteroatoms. The van der Waals surface area contributed by atoms with Gasteiger partial charge in [-0.2, -0.15) is 5.23 Å². The summed E-state index contributed by atoms with van der Waals surface area (Å²) >= 11 is 0. The summed E-state index contributed by atoms with van der Waals surface area (Å²) in [6.07, 6.45) is 12.3. The van der Waals surface area contributed by atoms with Gasteiger partial charge in [-0.25, -0.2) is 10.0 Å². The quantitative estimate of drug-likeness (QED) is 0.344. The molecule has 3 aliphatic carbocycles. The fraction of sp³-hybridized carbons (Fsp3) is 0.700. The summed E-state index contributed by atoms with van der Waals surface area (Å²) in [7, 11) is 0. The second-order valence-corrected chi connectivity index (χ2v) is 12.7. The number of esters is 1. The Balaban J connectivity index is 1.14. The Hall–Kier alpha value is -1.77.